The quantitative estimate of drug-likeness (QED) is 0.739. The Hall–Kier alpha value is -1.90. The standard InChI is InChI=1S/C11H11N3/c1-8-3-2-4-9(5-8)10-6-11(12)14-7-13-10/h2-7H,1H3,(H2,12,13,14). The van der Waals surface area contributed by atoms with Gasteiger partial charge in [0.05, 0.1) is 5.69 Å². The summed E-state index contributed by atoms with van der Waals surface area (Å²) >= 11 is 0. The zero-order valence-electron chi connectivity index (χ0n) is 7.94. The van der Waals surface area contributed by atoms with Gasteiger partial charge in [-0.15, -0.1) is 0 Å². The van der Waals surface area contributed by atoms with Crippen LogP contribution in [0.25, 0.3) is 11.3 Å². The van der Waals surface area contributed by atoms with Crippen LogP contribution in [0.3, 0.4) is 0 Å². The first-order valence-corrected chi connectivity index (χ1v) is 4.40. The van der Waals surface area contributed by atoms with Crippen LogP contribution in [-0.2, 0) is 0 Å². The number of aryl methyl sites for hydroxylation is 1. The van der Waals surface area contributed by atoms with E-state index in [4.69, 9.17) is 5.73 Å². The molecule has 0 unspecified atom stereocenters. The fourth-order valence-electron chi connectivity index (χ4n) is 1.33. The predicted molar refractivity (Wildman–Crippen MR) is 56.6 cm³/mol. The first-order chi connectivity index (χ1) is 6.75. The molecule has 1 aromatic heterocycles. The lowest BCUT2D eigenvalue weighted by atomic mass is 10.1. The fourth-order valence-corrected chi connectivity index (χ4v) is 1.33. The highest BCUT2D eigenvalue weighted by Gasteiger charge is 1.99. The Morgan fingerprint density at radius 3 is 2.71 bits per heavy atom. The van der Waals surface area contributed by atoms with Gasteiger partial charge in [-0.1, -0.05) is 23.8 Å². The van der Waals surface area contributed by atoms with E-state index >= 15 is 0 Å². The average molecular weight is 185 g/mol. The second-order valence-electron chi connectivity index (χ2n) is 3.20. The number of hydrogen-bond acceptors (Lipinski definition) is 3. The van der Waals surface area contributed by atoms with Crippen LogP contribution in [0.5, 0.6) is 0 Å². The topological polar surface area (TPSA) is 51.8 Å². The maximum Gasteiger partial charge on any atom is 0.127 e. The summed E-state index contributed by atoms with van der Waals surface area (Å²) in [5.41, 5.74) is 8.72. The van der Waals surface area contributed by atoms with E-state index in [1.807, 2.05) is 25.1 Å². The largest absolute Gasteiger partial charge is 0.384 e. The Morgan fingerprint density at radius 2 is 2.00 bits per heavy atom. The number of hydrogen-bond donors (Lipinski definition) is 1. The van der Waals surface area contributed by atoms with Crippen LogP contribution in [0.15, 0.2) is 36.7 Å². The van der Waals surface area contributed by atoms with Crippen molar-refractivity contribution in [1.82, 2.24) is 9.97 Å². The zero-order valence-corrected chi connectivity index (χ0v) is 7.94. The molecule has 0 amide bonds. The molecule has 70 valence electrons. The molecule has 0 saturated heterocycles. The molecule has 0 bridgehead atoms. The minimum atomic E-state index is 0.497. The Kier molecular flexibility index (Phi) is 2.14. The number of aromatic nitrogens is 2. The molecule has 3 nitrogen and oxygen atoms in total. The van der Waals surface area contributed by atoms with E-state index in [2.05, 4.69) is 16.0 Å². The number of anilines is 1. The van der Waals surface area contributed by atoms with Gasteiger partial charge in [-0.25, -0.2) is 9.97 Å². The van der Waals surface area contributed by atoms with Gasteiger partial charge in [-0.3, -0.25) is 0 Å². The number of benzene rings is 1. The van der Waals surface area contributed by atoms with E-state index in [-0.39, 0.29) is 0 Å². The van der Waals surface area contributed by atoms with E-state index in [9.17, 15) is 0 Å². The maximum absolute atomic E-state index is 5.58. The summed E-state index contributed by atoms with van der Waals surface area (Å²) in [6.45, 7) is 2.05. The minimum Gasteiger partial charge on any atom is -0.384 e. The summed E-state index contributed by atoms with van der Waals surface area (Å²) in [7, 11) is 0. The fraction of sp³-hybridized carbons (Fsp3) is 0.0909. The summed E-state index contributed by atoms with van der Waals surface area (Å²) in [6, 6.07) is 9.91. The van der Waals surface area contributed by atoms with Gasteiger partial charge in [0.1, 0.15) is 12.1 Å². The van der Waals surface area contributed by atoms with Gasteiger partial charge >= 0.3 is 0 Å². The monoisotopic (exact) mass is 185 g/mol. The lowest BCUT2D eigenvalue weighted by Gasteiger charge is -2.01. The second kappa shape index (κ2) is 3.46. The number of nitrogen functional groups attached to an aromatic ring is 1. The van der Waals surface area contributed by atoms with Crippen LogP contribution in [0.2, 0.25) is 0 Å². The van der Waals surface area contributed by atoms with Crippen LogP contribution in [-0.4, -0.2) is 9.97 Å². The van der Waals surface area contributed by atoms with Crippen molar-refractivity contribution in [3.63, 3.8) is 0 Å². The van der Waals surface area contributed by atoms with Crippen LogP contribution >= 0.6 is 0 Å². The summed E-state index contributed by atoms with van der Waals surface area (Å²) in [4.78, 5) is 8.01. The molecular formula is C11H11N3. The van der Waals surface area contributed by atoms with Crippen molar-refractivity contribution in [3.8, 4) is 11.3 Å². The summed E-state index contributed by atoms with van der Waals surface area (Å²) in [5.74, 6) is 0.497. The van der Waals surface area contributed by atoms with Crippen LogP contribution in [0.1, 0.15) is 5.56 Å². The molecule has 0 aliphatic rings. The normalized spacial score (nSPS) is 10.1. The molecule has 0 saturated carbocycles. The van der Waals surface area contributed by atoms with Gasteiger partial charge in [0.25, 0.3) is 0 Å². The Balaban J connectivity index is 2.49. The molecule has 0 aliphatic heterocycles. The third-order valence-corrected chi connectivity index (χ3v) is 2.00. The van der Waals surface area contributed by atoms with Gasteiger partial charge in [-0.05, 0) is 13.0 Å². The van der Waals surface area contributed by atoms with Crippen molar-refractivity contribution < 1.29 is 0 Å². The highest BCUT2D eigenvalue weighted by molar-refractivity contribution is 5.62. The van der Waals surface area contributed by atoms with Crippen molar-refractivity contribution in [2.24, 2.45) is 0 Å². The Bertz CT molecular complexity index is 408. The van der Waals surface area contributed by atoms with Crippen molar-refractivity contribution in [2.75, 3.05) is 5.73 Å². The second-order valence-corrected chi connectivity index (χ2v) is 3.20. The molecule has 0 atom stereocenters. The van der Waals surface area contributed by atoms with E-state index in [0.717, 1.165) is 11.3 Å². The third kappa shape index (κ3) is 1.71. The Morgan fingerprint density at radius 1 is 1.14 bits per heavy atom. The van der Waals surface area contributed by atoms with E-state index in [0.29, 0.717) is 5.82 Å². The molecule has 2 rings (SSSR count). The molecule has 0 spiro atoms. The molecule has 2 aromatic rings. The van der Waals surface area contributed by atoms with Gasteiger partial charge < -0.3 is 5.73 Å². The van der Waals surface area contributed by atoms with Crippen molar-refractivity contribution >= 4 is 5.82 Å². The molecule has 0 radical (unpaired) electrons. The molecule has 0 fully saturated rings. The molecule has 1 heterocycles. The predicted octanol–water partition coefficient (Wildman–Crippen LogP) is 2.03. The summed E-state index contributed by atoms with van der Waals surface area (Å²) in [6.07, 6.45) is 1.48. The molecule has 14 heavy (non-hydrogen) atoms. The number of nitrogens with two attached hydrogens (primary N) is 1. The van der Waals surface area contributed by atoms with E-state index in [1.54, 1.807) is 6.07 Å². The molecular weight excluding hydrogens is 174 g/mol. The van der Waals surface area contributed by atoms with Gasteiger partial charge in [0.15, 0.2) is 0 Å². The van der Waals surface area contributed by atoms with Gasteiger partial charge in [0.2, 0.25) is 0 Å². The number of rotatable bonds is 1. The zero-order chi connectivity index (χ0) is 9.97. The Labute approximate surface area is 82.6 Å². The van der Waals surface area contributed by atoms with Crippen molar-refractivity contribution in [3.05, 3.63) is 42.2 Å². The molecule has 1 aromatic carbocycles. The van der Waals surface area contributed by atoms with Crippen LogP contribution in [0.4, 0.5) is 5.82 Å². The highest BCUT2D eigenvalue weighted by Crippen LogP contribution is 2.18. The number of nitrogens with zero attached hydrogens (tertiary/aromatic N) is 2. The van der Waals surface area contributed by atoms with Crippen LogP contribution < -0.4 is 5.73 Å². The lowest BCUT2D eigenvalue weighted by molar-refractivity contribution is 1.18. The lowest BCUT2D eigenvalue weighted by Crippen LogP contribution is -1.92. The minimum absolute atomic E-state index is 0.497. The van der Waals surface area contributed by atoms with Crippen molar-refractivity contribution in [1.29, 1.82) is 0 Å². The van der Waals surface area contributed by atoms with Crippen LogP contribution in [0, 0.1) is 6.92 Å². The SMILES string of the molecule is Cc1cccc(-c2cc(N)ncn2)c1. The smallest absolute Gasteiger partial charge is 0.127 e. The van der Waals surface area contributed by atoms with E-state index in [1.165, 1.54) is 11.9 Å². The van der Waals surface area contributed by atoms with E-state index < -0.39 is 0 Å². The van der Waals surface area contributed by atoms with Gasteiger partial charge in [-0.2, -0.15) is 0 Å². The molecule has 3 heteroatoms. The van der Waals surface area contributed by atoms with Crippen molar-refractivity contribution in [2.45, 2.75) is 6.92 Å². The highest BCUT2D eigenvalue weighted by atomic mass is 14.9. The first kappa shape index (κ1) is 8.69. The molecule has 0 aliphatic carbocycles. The van der Waals surface area contributed by atoms with Gasteiger partial charge in [0, 0.05) is 11.6 Å². The summed E-state index contributed by atoms with van der Waals surface area (Å²) < 4.78 is 0. The summed E-state index contributed by atoms with van der Waals surface area (Å²) in [5, 5.41) is 0. The third-order valence-electron chi connectivity index (χ3n) is 2.00. The maximum atomic E-state index is 5.58. The molecule has 2 N–H and O–H groups in total. The first-order valence-electron chi connectivity index (χ1n) is 4.40. The average Bonchev–Trinajstić information content (AvgIpc) is 2.18.